The Balaban J connectivity index is 2.54. The average Bonchev–Trinajstić information content (AvgIpc) is 2.48. The summed E-state index contributed by atoms with van der Waals surface area (Å²) in [5, 5.41) is 7.05. The minimum Gasteiger partial charge on any atom is -0.294 e. The fourth-order valence-corrected chi connectivity index (χ4v) is 2.02. The molecule has 0 aliphatic heterocycles. The van der Waals surface area contributed by atoms with Crippen LogP contribution in [0.15, 0.2) is 58.8 Å². The Morgan fingerprint density at radius 3 is 2.57 bits per heavy atom. The molecule has 0 bridgehead atoms. The molecule has 21 heavy (non-hydrogen) atoms. The van der Waals surface area contributed by atoms with Crippen LogP contribution in [0.3, 0.4) is 0 Å². The van der Waals surface area contributed by atoms with Crippen LogP contribution in [0.5, 0.6) is 0 Å². The largest absolute Gasteiger partial charge is 0.294 e. The Kier molecular flexibility index (Phi) is 4.21. The van der Waals surface area contributed by atoms with E-state index < -0.39 is 0 Å². The number of carbonyl (C=O) groups is 1. The fourth-order valence-electron chi connectivity index (χ4n) is 2.02. The summed E-state index contributed by atoms with van der Waals surface area (Å²) < 4.78 is 0. The molecule has 0 atom stereocenters. The van der Waals surface area contributed by atoms with Crippen molar-refractivity contribution in [3.05, 3.63) is 75.0 Å². The van der Waals surface area contributed by atoms with Crippen LogP contribution in [0.1, 0.15) is 12.0 Å². The lowest BCUT2D eigenvalue weighted by atomic mass is 9.91. The summed E-state index contributed by atoms with van der Waals surface area (Å²) in [7, 11) is 0. The predicted octanol–water partition coefficient (Wildman–Crippen LogP) is 5.04. The third-order valence-electron chi connectivity index (χ3n) is 3.00. The number of Topliss-reactive ketones (excluding diaryl/α,β-unsaturated/α-hetero) is 1. The molecule has 0 saturated carbocycles. The number of azide groups is 2. The van der Waals surface area contributed by atoms with Crippen molar-refractivity contribution in [2.45, 2.75) is 6.42 Å². The summed E-state index contributed by atoms with van der Waals surface area (Å²) in [4.78, 5) is 17.3. The highest BCUT2D eigenvalue weighted by Crippen LogP contribution is 2.34. The van der Waals surface area contributed by atoms with Crippen molar-refractivity contribution >= 4 is 22.7 Å². The number of nitrogens with zero attached hydrogens (tertiary/aromatic N) is 6. The van der Waals surface area contributed by atoms with E-state index in [1.54, 1.807) is 24.3 Å². The standard InChI is InChI=1S/C14H10N6O/c1-2-9-3-4-10(7-14(9)21)12-6-5-11(17-19-15)8-13(12)18-20-16/h2-6,8H,1,7H2. The summed E-state index contributed by atoms with van der Waals surface area (Å²) in [6, 6.07) is 4.75. The van der Waals surface area contributed by atoms with Gasteiger partial charge in [0.25, 0.3) is 0 Å². The molecule has 0 spiro atoms. The normalized spacial score (nSPS) is 13.4. The number of hydrogen-bond donors (Lipinski definition) is 0. The number of carbonyl (C=O) groups excluding carboxylic acids is 1. The first-order chi connectivity index (χ1) is 10.2. The van der Waals surface area contributed by atoms with E-state index in [4.69, 9.17) is 11.1 Å². The van der Waals surface area contributed by atoms with E-state index in [0.717, 1.165) is 5.57 Å². The second-order valence-electron chi connectivity index (χ2n) is 4.20. The molecule has 0 unspecified atom stereocenters. The smallest absolute Gasteiger partial charge is 0.167 e. The zero-order valence-corrected chi connectivity index (χ0v) is 11.0. The minimum atomic E-state index is -0.0477. The van der Waals surface area contributed by atoms with Crippen molar-refractivity contribution in [1.29, 1.82) is 0 Å². The van der Waals surface area contributed by atoms with Gasteiger partial charge >= 0.3 is 0 Å². The third kappa shape index (κ3) is 3.01. The third-order valence-corrected chi connectivity index (χ3v) is 3.00. The van der Waals surface area contributed by atoms with E-state index in [1.807, 2.05) is 0 Å². The maximum Gasteiger partial charge on any atom is 0.167 e. The molecule has 102 valence electrons. The molecule has 1 aromatic carbocycles. The van der Waals surface area contributed by atoms with Gasteiger partial charge in [0.2, 0.25) is 0 Å². The van der Waals surface area contributed by atoms with Gasteiger partial charge in [0.05, 0.1) is 0 Å². The second kappa shape index (κ2) is 6.25. The minimum absolute atomic E-state index is 0.0477. The lowest BCUT2D eigenvalue weighted by molar-refractivity contribution is -0.114. The van der Waals surface area contributed by atoms with Gasteiger partial charge in [-0.25, -0.2) is 0 Å². The number of benzene rings is 1. The van der Waals surface area contributed by atoms with Gasteiger partial charge < -0.3 is 0 Å². The van der Waals surface area contributed by atoms with Gasteiger partial charge in [0.15, 0.2) is 5.78 Å². The van der Waals surface area contributed by atoms with Crippen LogP contribution in [-0.4, -0.2) is 5.78 Å². The lowest BCUT2D eigenvalue weighted by Crippen LogP contribution is -2.05. The molecule has 7 nitrogen and oxygen atoms in total. The first kappa shape index (κ1) is 14.1. The number of rotatable bonds is 4. The molecule has 1 aromatic rings. The maximum atomic E-state index is 11.9. The summed E-state index contributed by atoms with van der Waals surface area (Å²) in [6.07, 6.45) is 5.17. The molecule has 1 aliphatic rings. The molecule has 0 N–H and O–H groups in total. The molecule has 7 heteroatoms. The Labute approximate surface area is 120 Å². The van der Waals surface area contributed by atoms with Crippen LogP contribution in [0.2, 0.25) is 0 Å². The highest BCUT2D eigenvalue weighted by atomic mass is 16.1. The first-order valence-electron chi connectivity index (χ1n) is 6.00. The van der Waals surface area contributed by atoms with E-state index in [1.165, 1.54) is 12.1 Å². The highest BCUT2D eigenvalue weighted by Gasteiger charge is 2.16. The van der Waals surface area contributed by atoms with Gasteiger partial charge in [-0.3, -0.25) is 4.79 Å². The lowest BCUT2D eigenvalue weighted by Gasteiger charge is -2.14. The van der Waals surface area contributed by atoms with E-state index in [9.17, 15) is 4.79 Å². The first-order valence-corrected chi connectivity index (χ1v) is 6.00. The second-order valence-corrected chi connectivity index (χ2v) is 4.20. The molecule has 0 heterocycles. The van der Waals surface area contributed by atoms with Crippen molar-refractivity contribution in [3.8, 4) is 0 Å². The van der Waals surface area contributed by atoms with Crippen molar-refractivity contribution in [2.75, 3.05) is 0 Å². The molecule has 0 saturated heterocycles. The van der Waals surface area contributed by atoms with Gasteiger partial charge in [-0.1, -0.05) is 47.2 Å². The molecular formula is C14H10N6O. The summed E-state index contributed by atoms with van der Waals surface area (Å²) >= 11 is 0. The maximum absolute atomic E-state index is 11.9. The van der Waals surface area contributed by atoms with Gasteiger partial charge in [0.1, 0.15) is 0 Å². The van der Waals surface area contributed by atoms with Crippen LogP contribution in [0.4, 0.5) is 11.4 Å². The van der Waals surface area contributed by atoms with Crippen molar-refractivity contribution in [2.24, 2.45) is 10.2 Å². The Morgan fingerprint density at radius 2 is 1.95 bits per heavy atom. The molecule has 0 aromatic heterocycles. The predicted molar refractivity (Wildman–Crippen MR) is 79.9 cm³/mol. The highest BCUT2D eigenvalue weighted by molar-refractivity contribution is 6.07. The monoisotopic (exact) mass is 278 g/mol. The zero-order valence-electron chi connectivity index (χ0n) is 11.0. The van der Waals surface area contributed by atoms with Crippen LogP contribution in [0.25, 0.3) is 26.5 Å². The molecule has 0 amide bonds. The molecule has 2 rings (SSSR count). The Bertz CT molecular complexity index is 777. The van der Waals surface area contributed by atoms with E-state index >= 15 is 0 Å². The summed E-state index contributed by atoms with van der Waals surface area (Å²) in [5.41, 5.74) is 19.7. The van der Waals surface area contributed by atoms with Crippen LogP contribution in [-0.2, 0) is 4.79 Å². The van der Waals surface area contributed by atoms with Crippen molar-refractivity contribution in [1.82, 2.24) is 0 Å². The van der Waals surface area contributed by atoms with Gasteiger partial charge in [-0.15, -0.1) is 0 Å². The number of ketones is 1. The van der Waals surface area contributed by atoms with E-state index in [2.05, 4.69) is 26.6 Å². The van der Waals surface area contributed by atoms with Crippen LogP contribution in [0, 0.1) is 0 Å². The van der Waals surface area contributed by atoms with Gasteiger partial charge in [-0.05, 0) is 28.3 Å². The van der Waals surface area contributed by atoms with Gasteiger partial charge in [-0.2, -0.15) is 0 Å². The van der Waals surface area contributed by atoms with Crippen molar-refractivity contribution in [3.63, 3.8) is 0 Å². The van der Waals surface area contributed by atoms with Gasteiger partial charge in [0, 0.05) is 33.2 Å². The topological polar surface area (TPSA) is 115 Å². The molecule has 1 aliphatic carbocycles. The van der Waals surface area contributed by atoms with Crippen molar-refractivity contribution < 1.29 is 4.79 Å². The van der Waals surface area contributed by atoms with Crippen LogP contribution >= 0.6 is 0 Å². The average molecular weight is 278 g/mol. The number of allylic oxidation sites excluding steroid dienone is 5. The Morgan fingerprint density at radius 1 is 1.19 bits per heavy atom. The summed E-state index contributed by atoms with van der Waals surface area (Å²) in [5.74, 6) is -0.0477. The quantitative estimate of drug-likeness (QED) is 0.428. The Hall–Kier alpha value is -3.27. The SMILES string of the molecule is C=CC1=CC=C(c2ccc(N=[N+]=[N-])cc2N=[N+]=[N-])CC1=O. The van der Waals surface area contributed by atoms with E-state index in [0.29, 0.717) is 22.5 Å². The molecular weight excluding hydrogens is 268 g/mol. The van der Waals surface area contributed by atoms with E-state index in [-0.39, 0.29) is 12.2 Å². The molecule has 0 fully saturated rings. The summed E-state index contributed by atoms with van der Waals surface area (Å²) in [6.45, 7) is 3.58. The van der Waals surface area contributed by atoms with Crippen LogP contribution < -0.4 is 0 Å². The number of hydrogen-bond acceptors (Lipinski definition) is 3. The fraction of sp³-hybridized carbons (Fsp3) is 0.0714. The molecule has 0 radical (unpaired) electrons. The zero-order chi connectivity index (χ0) is 15.2.